The van der Waals surface area contributed by atoms with Crippen LogP contribution < -0.4 is 16.8 Å². The molecule has 5 rings (SSSR count). The van der Waals surface area contributed by atoms with Gasteiger partial charge in [-0.05, 0) is 55.3 Å². The number of carbonyl (C=O) groups is 1. The smallest absolute Gasteiger partial charge is 0.255 e. The van der Waals surface area contributed by atoms with Crippen LogP contribution in [0.15, 0.2) is 18.3 Å². The van der Waals surface area contributed by atoms with E-state index in [4.69, 9.17) is 23.1 Å². The highest BCUT2D eigenvalue weighted by Gasteiger charge is 2.27. The van der Waals surface area contributed by atoms with Gasteiger partial charge in [-0.2, -0.15) is 15.3 Å². The van der Waals surface area contributed by atoms with Crippen LogP contribution in [0.1, 0.15) is 58.4 Å². The molecule has 1 amide bonds. The number of rotatable bonds is 3. The molecule has 0 radical (unpaired) electrons. The van der Waals surface area contributed by atoms with Gasteiger partial charge < -0.3 is 16.8 Å². The molecule has 1 saturated carbocycles. The van der Waals surface area contributed by atoms with Crippen LogP contribution in [-0.2, 0) is 0 Å². The summed E-state index contributed by atoms with van der Waals surface area (Å²) in [5, 5.41) is 17.6. The Balaban J connectivity index is 1.56. The normalized spacial score (nSPS) is 18.4. The highest BCUT2D eigenvalue weighted by atomic mass is 35.5. The number of amides is 1. The molecule has 1 saturated heterocycles. The van der Waals surface area contributed by atoms with Crippen molar-refractivity contribution in [1.29, 1.82) is 0 Å². The number of benzene rings is 1. The predicted molar refractivity (Wildman–Crippen MR) is 114 cm³/mol. The Kier molecular flexibility index (Phi) is 4.57. The van der Waals surface area contributed by atoms with Crippen molar-refractivity contribution in [2.75, 3.05) is 18.8 Å². The summed E-state index contributed by atoms with van der Waals surface area (Å²) in [6.45, 7) is 1.60. The first-order valence-electron chi connectivity index (χ1n) is 9.88. The van der Waals surface area contributed by atoms with Crippen molar-refractivity contribution in [2.45, 2.75) is 31.2 Å². The lowest BCUT2D eigenvalue weighted by Crippen LogP contribution is -2.18. The van der Waals surface area contributed by atoms with Crippen molar-refractivity contribution in [2.24, 2.45) is 5.73 Å². The number of fused-ring (bicyclic) bond motifs is 1. The minimum atomic E-state index is -0.654. The number of nitrogens with two attached hydrogens (primary N) is 2. The third-order valence-corrected chi connectivity index (χ3v) is 5.98. The Hall–Kier alpha value is -3.15. The number of aromatic nitrogens is 4. The molecule has 2 aliphatic rings. The van der Waals surface area contributed by atoms with E-state index in [-0.39, 0.29) is 23.1 Å². The van der Waals surface area contributed by atoms with Crippen LogP contribution in [0.4, 0.5) is 5.82 Å². The lowest BCUT2D eigenvalue weighted by molar-refractivity contribution is 0.100. The van der Waals surface area contributed by atoms with Gasteiger partial charge >= 0.3 is 0 Å². The molecule has 0 unspecified atom stereocenters. The number of nitrogens with zero attached hydrogens (tertiary/aromatic N) is 4. The summed E-state index contributed by atoms with van der Waals surface area (Å²) in [6.07, 6.45) is 5.01. The molecular formula is C21H20ClN7O. The molecule has 2 aromatic heterocycles. The van der Waals surface area contributed by atoms with E-state index in [2.05, 4.69) is 32.5 Å². The van der Waals surface area contributed by atoms with E-state index in [1.54, 1.807) is 4.68 Å². The van der Waals surface area contributed by atoms with E-state index in [9.17, 15) is 4.79 Å². The topological polar surface area (TPSA) is 125 Å². The second-order valence-electron chi connectivity index (χ2n) is 7.74. The Morgan fingerprint density at radius 2 is 2.10 bits per heavy atom. The van der Waals surface area contributed by atoms with Crippen LogP contribution >= 0.6 is 11.6 Å². The first-order valence-corrected chi connectivity index (χ1v) is 10.3. The van der Waals surface area contributed by atoms with Crippen LogP contribution in [0.5, 0.6) is 0 Å². The number of hydrogen-bond donors (Lipinski definition) is 3. The summed E-state index contributed by atoms with van der Waals surface area (Å²) in [7, 11) is 0. The molecule has 9 heteroatoms. The molecule has 3 aromatic rings. The van der Waals surface area contributed by atoms with Crippen molar-refractivity contribution in [3.63, 3.8) is 0 Å². The van der Waals surface area contributed by atoms with Crippen molar-refractivity contribution in [3.8, 4) is 11.8 Å². The second kappa shape index (κ2) is 7.27. The molecule has 1 aliphatic heterocycles. The molecule has 3 heterocycles. The van der Waals surface area contributed by atoms with Gasteiger partial charge in [0, 0.05) is 17.5 Å². The molecule has 1 aliphatic carbocycles. The van der Waals surface area contributed by atoms with Crippen molar-refractivity contribution in [1.82, 2.24) is 25.3 Å². The zero-order valence-electron chi connectivity index (χ0n) is 16.2. The maximum Gasteiger partial charge on any atom is 0.255 e. The second-order valence-corrected chi connectivity index (χ2v) is 8.14. The lowest BCUT2D eigenvalue weighted by atomic mass is 10.0. The highest BCUT2D eigenvalue weighted by Crippen LogP contribution is 2.43. The van der Waals surface area contributed by atoms with Crippen LogP contribution in [0.2, 0.25) is 5.02 Å². The molecule has 5 N–H and O–H groups in total. The van der Waals surface area contributed by atoms with Gasteiger partial charge in [0.05, 0.1) is 22.8 Å². The summed E-state index contributed by atoms with van der Waals surface area (Å²) >= 11 is 6.51. The van der Waals surface area contributed by atoms with E-state index < -0.39 is 5.91 Å². The predicted octanol–water partition coefficient (Wildman–Crippen LogP) is 1.97. The lowest BCUT2D eigenvalue weighted by Gasteiger charge is -2.10. The van der Waals surface area contributed by atoms with Crippen molar-refractivity contribution >= 4 is 34.2 Å². The van der Waals surface area contributed by atoms with Gasteiger partial charge in [-0.25, -0.2) is 4.68 Å². The van der Waals surface area contributed by atoms with Crippen molar-refractivity contribution in [3.05, 3.63) is 45.7 Å². The molecule has 0 spiro atoms. The van der Waals surface area contributed by atoms with E-state index in [1.165, 1.54) is 5.56 Å². The monoisotopic (exact) mass is 421 g/mol. The molecule has 1 atom stereocenters. The molecule has 152 valence electrons. The number of hydrogen-bond acceptors (Lipinski definition) is 6. The third-order valence-electron chi connectivity index (χ3n) is 5.67. The van der Waals surface area contributed by atoms with Gasteiger partial charge in [0.15, 0.2) is 5.69 Å². The molecule has 0 bridgehead atoms. The summed E-state index contributed by atoms with van der Waals surface area (Å²) in [5.74, 6) is 6.06. The fourth-order valence-corrected chi connectivity index (χ4v) is 4.16. The average molecular weight is 422 g/mol. The van der Waals surface area contributed by atoms with E-state index in [0.717, 1.165) is 43.3 Å². The quantitative estimate of drug-likeness (QED) is 0.555. The van der Waals surface area contributed by atoms with Crippen molar-refractivity contribution < 1.29 is 4.79 Å². The van der Waals surface area contributed by atoms with Gasteiger partial charge in [0.1, 0.15) is 11.4 Å². The maximum absolute atomic E-state index is 12.0. The van der Waals surface area contributed by atoms with Crippen LogP contribution in [0.25, 0.3) is 10.9 Å². The van der Waals surface area contributed by atoms with Gasteiger partial charge in [-0.3, -0.25) is 4.79 Å². The fourth-order valence-electron chi connectivity index (χ4n) is 3.94. The van der Waals surface area contributed by atoms with Crippen LogP contribution in [-0.4, -0.2) is 39.0 Å². The zero-order valence-corrected chi connectivity index (χ0v) is 16.9. The third kappa shape index (κ3) is 3.26. The molecule has 8 nitrogen and oxygen atoms in total. The van der Waals surface area contributed by atoms with Gasteiger partial charge in [-0.15, -0.1) is 0 Å². The number of halogens is 1. The van der Waals surface area contributed by atoms with Crippen LogP contribution in [0, 0.1) is 11.8 Å². The van der Waals surface area contributed by atoms with E-state index in [0.29, 0.717) is 16.5 Å². The molecule has 30 heavy (non-hydrogen) atoms. The van der Waals surface area contributed by atoms with Gasteiger partial charge in [-0.1, -0.05) is 17.5 Å². The van der Waals surface area contributed by atoms with E-state index in [1.807, 2.05) is 18.3 Å². The number of anilines is 1. The first kappa shape index (κ1) is 18.9. The Bertz CT molecular complexity index is 1230. The number of primary amides is 1. The average Bonchev–Trinajstić information content (AvgIpc) is 3.31. The first-order chi connectivity index (χ1) is 14.5. The fraction of sp³-hybridized carbons (Fsp3) is 0.333. The number of carbonyl (C=O) groups excluding carboxylic acids is 1. The number of nitrogens with one attached hydrogen (secondary N) is 1. The molecular weight excluding hydrogens is 402 g/mol. The SMILES string of the molecule is NC(=O)c1c(C#Cc2cc3nncc(C4CC4)c3cc2Cl)nn([C@H]2CCNC2)c1N. The standard InChI is InChI=1S/C21H20ClN7O/c22-16-8-14-15(11-1-2-11)10-26-27-18(14)7-12(16)3-4-17-19(21(24)30)20(23)29(28-17)13-5-6-25-9-13/h7-8,10-11,13,25H,1-2,5-6,9,23H2,(H2,24,30)/t13-/m0/s1. The largest absolute Gasteiger partial charge is 0.383 e. The minimum absolute atomic E-state index is 0.0685. The Labute approximate surface area is 178 Å². The maximum atomic E-state index is 12.0. The summed E-state index contributed by atoms with van der Waals surface area (Å²) in [5.41, 5.74) is 14.6. The zero-order chi connectivity index (χ0) is 20.8. The summed E-state index contributed by atoms with van der Waals surface area (Å²) in [6, 6.07) is 3.77. The molecule has 1 aromatic carbocycles. The van der Waals surface area contributed by atoms with Crippen LogP contribution in [0.3, 0.4) is 0 Å². The summed E-state index contributed by atoms with van der Waals surface area (Å²) < 4.78 is 1.64. The van der Waals surface area contributed by atoms with Gasteiger partial charge in [0.2, 0.25) is 0 Å². The van der Waals surface area contributed by atoms with Gasteiger partial charge in [0.25, 0.3) is 5.91 Å². The number of nitrogen functional groups attached to an aromatic ring is 1. The molecule has 2 fully saturated rings. The Morgan fingerprint density at radius 3 is 2.80 bits per heavy atom. The summed E-state index contributed by atoms with van der Waals surface area (Å²) in [4.78, 5) is 12.0. The minimum Gasteiger partial charge on any atom is -0.383 e. The Morgan fingerprint density at radius 1 is 1.27 bits per heavy atom. The highest BCUT2D eigenvalue weighted by molar-refractivity contribution is 6.32. The van der Waals surface area contributed by atoms with E-state index >= 15 is 0 Å².